The van der Waals surface area contributed by atoms with E-state index < -0.39 is 11.7 Å². The molecule has 0 fully saturated rings. The monoisotopic (exact) mass is 335 g/mol. The van der Waals surface area contributed by atoms with Gasteiger partial charge in [0.15, 0.2) is 0 Å². The number of nitrogens with zero attached hydrogens (tertiary/aromatic N) is 1. The molecule has 1 aromatic heterocycles. The summed E-state index contributed by atoms with van der Waals surface area (Å²) in [4.78, 5) is 5.12. The molecule has 0 radical (unpaired) electrons. The highest BCUT2D eigenvalue weighted by atomic mass is 79.9. The summed E-state index contributed by atoms with van der Waals surface area (Å²) in [7, 11) is 0. The van der Waals surface area contributed by atoms with Gasteiger partial charge in [0.2, 0.25) is 0 Å². The van der Waals surface area contributed by atoms with E-state index in [9.17, 15) is 13.2 Å². The fraction of sp³-hybridized carbons (Fsp3) is 0.250. The Hall–Kier alpha value is -0.880. The van der Waals surface area contributed by atoms with Crippen LogP contribution < -0.4 is 0 Å². The Bertz CT molecular complexity index is 493. The van der Waals surface area contributed by atoms with Gasteiger partial charge in [-0.05, 0) is 24.1 Å². The van der Waals surface area contributed by atoms with Gasteiger partial charge in [-0.3, -0.25) is 4.98 Å². The SMILES string of the molecule is FC(F)(F)c1ccc(CC(Br)c2cncs2)cc1. The van der Waals surface area contributed by atoms with Crippen molar-refractivity contribution in [2.24, 2.45) is 0 Å². The van der Waals surface area contributed by atoms with E-state index in [4.69, 9.17) is 0 Å². The highest BCUT2D eigenvalue weighted by molar-refractivity contribution is 9.09. The molecule has 0 bridgehead atoms. The molecule has 1 unspecified atom stereocenters. The molecule has 1 atom stereocenters. The Morgan fingerprint density at radius 3 is 2.39 bits per heavy atom. The second-order valence-corrected chi connectivity index (χ2v) is 5.79. The number of benzene rings is 1. The molecule has 1 aromatic carbocycles. The minimum atomic E-state index is -4.27. The Morgan fingerprint density at radius 1 is 1.22 bits per heavy atom. The van der Waals surface area contributed by atoms with Crippen molar-refractivity contribution in [2.75, 3.05) is 0 Å². The Balaban J connectivity index is 2.07. The van der Waals surface area contributed by atoms with Crippen molar-refractivity contribution >= 4 is 27.3 Å². The number of rotatable bonds is 3. The van der Waals surface area contributed by atoms with E-state index in [0.717, 1.165) is 22.6 Å². The molecule has 6 heteroatoms. The number of halogens is 4. The lowest BCUT2D eigenvalue weighted by Crippen LogP contribution is -2.04. The first-order chi connectivity index (χ1) is 8.47. The minimum absolute atomic E-state index is 0.0849. The molecule has 2 aromatic rings. The van der Waals surface area contributed by atoms with Crippen LogP contribution in [0.1, 0.15) is 20.8 Å². The Labute approximate surface area is 115 Å². The zero-order chi connectivity index (χ0) is 13.2. The van der Waals surface area contributed by atoms with Crippen LogP contribution in [0.3, 0.4) is 0 Å². The maximum Gasteiger partial charge on any atom is 0.416 e. The first kappa shape index (κ1) is 13.5. The maximum atomic E-state index is 12.4. The van der Waals surface area contributed by atoms with Gasteiger partial charge in [0.25, 0.3) is 0 Å². The van der Waals surface area contributed by atoms with E-state index in [1.54, 1.807) is 11.7 Å². The van der Waals surface area contributed by atoms with Gasteiger partial charge in [-0.2, -0.15) is 13.2 Å². The van der Waals surface area contributed by atoms with Crippen LogP contribution in [0.4, 0.5) is 13.2 Å². The molecule has 0 saturated heterocycles. The molecule has 0 aliphatic carbocycles. The van der Waals surface area contributed by atoms with Crippen LogP contribution in [-0.4, -0.2) is 4.98 Å². The molecule has 0 N–H and O–H groups in total. The van der Waals surface area contributed by atoms with E-state index in [2.05, 4.69) is 20.9 Å². The normalized spacial score (nSPS) is 13.6. The molecule has 18 heavy (non-hydrogen) atoms. The molecule has 0 spiro atoms. The lowest BCUT2D eigenvalue weighted by molar-refractivity contribution is -0.137. The van der Waals surface area contributed by atoms with Crippen molar-refractivity contribution < 1.29 is 13.2 Å². The van der Waals surface area contributed by atoms with Crippen LogP contribution in [0.15, 0.2) is 36.0 Å². The Kier molecular flexibility index (Phi) is 4.07. The molecule has 0 aliphatic heterocycles. The van der Waals surface area contributed by atoms with Crippen molar-refractivity contribution in [3.05, 3.63) is 52.0 Å². The maximum absolute atomic E-state index is 12.4. The lowest BCUT2D eigenvalue weighted by Gasteiger charge is -2.09. The second kappa shape index (κ2) is 5.40. The van der Waals surface area contributed by atoms with Crippen LogP contribution in [-0.2, 0) is 12.6 Å². The van der Waals surface area contributed by atoms with Gasteiger partial charge in [0, 0.05) is 11.1 Å². The zero-order valence-corrected chi connectivity index (χ0v) is 11.5. The number of thiazole rings is 1. The van der Waals surface area contributed by atoms with Gasteiger partial charge in [-0.25, -0.2) is 0 Å². The molecule has 1 heterocycles. The van der Waals surface area contributed by atoms with Gasteiger partial charge in [0.1, 0.15) is 0 Å². The molecule has 96 valence electrons. The molecule has 0 aliphatic rings. The summed E-state index contributed by atoms with van der Waals surface area (Å²) in [6.45, 7) is 0. The summed E-state index contributed by atoms with van der Waals surface area (Å²) in [5.74, 6) is 0. The predicted molar refractivity (Wildman–Crippen MR) is 68.9 cm³/mol. The fourth-order valence-corrected chi connectivity index (χ4v) is 2.93. The summed E-state index contributed by atoms with van der Waals surface area (Å²) >= 11 is 5.03. The average molecular weight is 336 g/mol. The summed E-state index contributed by atoms with van der Waals surface area (Å²) in [5, 5.41) is 0. The summed E-state index contributed by atoms with van der Waals surface area (Å²) < 4.78 is 37.2. The van der Waals surface area contributed by atoms with Gasteiger partial charge in [-0.15, -0.1) is 11.3 Å². The van der Waals surface area contributed by atoms with Gasteiger partial charge >= 0.3 is 6.18 Å². The average Bonchev–Trinajstić information content (AvgIpc) is 2.82. The number of hydrogen-bond acceptors (Lipinski definition) is 2. The summed E-state index contributed by atoms with van der Waals surface area (Å²) in [6, 6.07) is 5.25. The van der Waals surface area contributed by atoms with Crippen LogP contribution in [0.2, 0.25) is 0 Å². The highest BCUT2D eigenvalue weighted by Gasteiger charge is 2.29. The van der Waals surface area contributed by atoms with Crippen LogP contribution in [0, 0.1) is 0 Å². The molecular formula is C12H9BrF3NS. The number of alkyl halides is 4. The molecule has 0 amide bonds. The fourth-order valence-electron chi connectivity index (χ4n) is 1.52. The van der Waals surface area contributed by atoms with Crippen LogP contribution >= 0.6 is 27.3 Å². The third-order valence-electron chi connectivity index (χ3n) is 2.46. The van der Waals surface area contributed by atoms with Crippen LogP contribution in [0.5, 0.6) is 0 Å². The van der Waals surface area contributed by atoms with Crippen molar-refractivity contribution in [1.82, 2.24) is 4.98 Å². The smallest absolute Gasteiger partial charge is 0.253 e. The van der Waals surface area contributed by atoms with Gasteiger partial charge in [-0.1, -0.05) is 28.1 Å². The molecule has 2 rings (SSSR count). The summed E-state index contributed by atoms with van der Waals surface area (Å²) in [6.07, 6.45) is -1.88. The largest absolute Gasteiger partial charge is 0.416 e. The van der Waals surface area contributed by atoms with Crippen molar-refractivity contribution in [1.29, 1.82) is 0 Å². The highest BCUT2D eigenvalue weighted by Crippen LogP contribution is 2.32. The quantitative estimate of drug-likeness (QED) is 0.731. The van der Waals surface area contributed by atoms with Crippen molar-refractivity contribution in [3.63, 3.8) is 0 Å². The van der Waals surface area contributed by atoms with Gasteiger partial charge in [0.05, 0.1) is 15.9 Å². The van der Waals surface area contributed by atoms with Crippen molar-refractivity contribution in [3.8, 4) is 0 Å². The number of aromatic nitrogens is 1. The molecule has 1 nitrogen and oxygen atoms in total. The van der Waals surface area contributed by atoms with Crippen LogP contribution in [0.25, 0.3) is 0 Å². The van der Waals surface area contributed by atoms with E-state index in [1.807, 2.05) is 0 Å². The predicted octanol–water partition coefficient (Wildman–Crippen LogP) is 4.84. The van der Waals surface area contributed by atoms with Crippen molar-refractivity contribution in [2.45, 2.75) is 17.4 Å². The summed E-state index contributed by atoms with van der Waals surface area (Å²) in [5.41, 5.74) is 1.98. The topological polar surface area (TPSA) is 12.9 Å². The second-order valence-electron chi connectivity index (χ2n) is 3.77. The first-order valence-electron chi connectivity index (χ1n) is 5.15. The van der Waals surface area contributed by atoms with E-state index in [-0.39, 0.29) is 4.83 Å². The third kappa shape index (κ3) is 3.32. The molecule has 0 saturated carbocycles. The van der Waals surface area contributed by atoms with E-state index >= 15 is 0 Å². The molecular weight excluding hydrogens is 327 g/mol. The van der Waals surface area contributed by atoms with Gasteiger partial charge < -0.3 is 0 Å². The van der Waals surface area contributed by atoms with E-state index in [1.165, 1.54) is 23.5 Å². The standard InChI is InChI=1S/C12H9BrF3NS/c13-10(11-6-17-7-18-11)5-8-1-3-9(4-2-8)12(14,15)16/h1-4,6-7,10H,5H2. The first-order valence-corrected chi connectivity index (χ1v) is 6.95. The minimum Gasteiger partial charge on any atom is -0.253 e. The Morgan fingerprint density at radius 2 is 1.89 bits per heavy atom. The number of hydrogen-bond donors (Lipinski definition) is 0. The third-order valence-corrected chi connectivity index (χ3v) is 4.47. The van der Waals surface area contributed by atoms with E-state index in [0.29, 0.717) is 6.42 Å². The zero-order valence-electron chi connectivity index (χ0n) is 9.12. The lowest BCUT2D eigenvalue weighted by atomic mass is 10.1.